The van der Waals surface area contributed by atoms with Crippen LogP contribution in [-0.2, 0) is 6.42 Å². The maximum atomic E-state index is 9.61. The number of phenolic OH excluding ortho intramolecular Hbond substituents is 1. The molecule has 0 spiro atoms. The maximum absolute atomic E-state index is 9.61. The van der Waals surface area contributed by atoms with Crippen LogP contribution in [0.25, 0.3) is 0 Å². The molecule has 1 N–H and O–H groups in total. The van der Waals surface area contributed by atoms with Crippen molar-refractivity contribution in [1.82, 2.24) is 14.9 Å². The Bertz CT molecular complexity index is 578. The summed E-state index contributed by atoms with van der Waals surface area (Å²) >= 11 is 0. The third-order valence-corrected chi connectivity index (χ3v) is 2.53. The van der Waals surface area contributed by atoms with Gasteiger partial charge in [-0.2, -0.15) is 5.10 Å². The van der Waals surface area contributed by atoms with Gasteiger partial charge in [0.15, 0.2) is 17.3 Å². The first-order valence-corrected chi connectivity index (χ1v) is 6.13. The van der Waals surface area contributed by atoms with Crippen LogP contribution in [0.3, 0.4) is 0 Å². The van der Waals surface area contributed by atoms with E-state index in [2.05, 4.69) is 15.3 Å². The van der Waals surface area contributed by atoms with Gasteiger partial charge in [-0.3, -0.25) is 0 Å². The van der Waals surface area contributed by atoms with Crippen LogP contribution in [0.1, 0.15) is 25.2 Å². The molecule has 0 saturated carbocycles. The second-order valence-electron chi connectivity index (χ2n) is 3.85. The van der Waals surface area contributed by atoms with Crippen molar-refractivity contribution in [2.45, 2.75) is 20.3 Å². The number of aryl methyl sites for hydroxylation is 1. The quantitative estimate of drug-likeness (QED) is 0.832. The molecule has 0 radical (unpaired) electrons. The highest BCUT2D eigenvalue weighted by molar-refractivity contribution is 5.80. The summed E-state index contributed by atoms with van der Waals surface area (Å²) in [6, 6.07) is 5.08. The van der Waals surface area contributed by atoms with Crippen LogP contribution in [0.5, 0.6) is 11.5 Å². The molecule has 1 heterocycles. The maximum Gasteiger partial charge on any atom is 0.161 e. The lowest BCUT2D eigenvalue weighted by Gasteiger charge is -2.06. The van der Waals surface area contributed by atoms with Gasteiger partial charge in [-0.15, -0.1) is 10.2 Å². The van der Waals surface area contributed by atoms with Gasteiger partial charge >= 0.3 is 0 Å². The highest BCUT2D eigenvalue weighted by Gasteiger charge is 2.03. The van der Waals surface area contributed by atoms with Crippen LogP contribution in [0.2, 0.25) is 0 Å². The Labute approximate surface area is 111 Å². The summed E-state index contributed by atoms with van der Waals surface area (Å²) in [6.45, 7) is 4.36. The molecule has 0 aliphatic heterocycles. The lowest BCUT2D eigenvalue weighted by molar-refractivity contribution is 0.318. The second-order valence-corrected chi connectivity index (χ2v) is 3.85. The second kappa shape index (κ2) is 5.99. The summed E-state index contributed by atoms with van der Waals surface area (Å²) in [6.07, 6.45) is 3.99. The van der Waals surface area contributed by atoms with Gasteiger partial charge in [0.2, 0.25) is 0 Å². The number of hydrogen-bond acceptors (Lipinski definition) is 5. The topological polar surface area (TPSA) is 72.5 Å². The first-order valence-electron chi connectivity index (χ1n) is 6.13. The van der Waals surface area contributed by atoms with E-state index >= 15 is 0 Å². The number of phenols is 1. The minimum atomic E-state index is 0.123. The normalized spacial score (nSPS) is 11.1. The molecule has 0 saturated heterocycles. The molecule has 0 amide bonds. The number of rotatable bonds is 5. The van der Waals surface area contributed by atoms with Gasteiger partial charge < -0.3 is 9.84 Å². The zero-order valence-corrected chi connectivity index (χ0v) is 10.9. The average molecular weight is 260 g/mol. The summed E-state index contributed by atoms with van der Waals surface area (Å²) in [5, 5.41) is 21.6. The molecule has 100 valence electrons. The number of hydrogen-bond donors (Lipinski definition) is 1. The van der Waals surface area contributed by atoms with Crippen LogP contribution in [0.4, 0.5) is 0 Å². The van der Waals surface area contributed by atoms with Crippen molar-refractivity contribution in [3.05, 3.63) is 35.9 Å². The molecule has 0 fully saturated rings. The standard InChI is InChI=1S/C13H16N4O2/c1-3-13-16-14-9-17(13)15-8-10-5-6-11(18)12(7-10)19-4-2/h5-9,18H,3-4H2,1-2H3/b15-8+. The molecular weight excluding hydrogens is 244 g/mol. The predicted molar refractivity (Wildman–Crippen MR) is 71.7 cm³/mol. The lowest BCUT2D eigenvalue weighted by Crippen LogP contribution is -1.97. The zero-order chi connectivity index (χ0) is 13.7. The van der Waals surface area contributed by atoms with E-state index in [0.717, 1.165) is 17.8 Å². The van der Waals surface area contributed by atoms with Crippen LogP contribution < -0.4 is 4.74 Å². The van der Waals surface area contributed by atoms with E-state index in [9.17, 15) is 5.11 Å². The summed E-state index contributed by atoms with van der Waals surface area (Å²) in [7, 11) is 0. The Hall–Kier alpha value is -2.37. The molecule has 1 aromatic heterocycles. The van der Waals surface area contributed by atoms with Gasteiger partial charge in [0.25, 0.3) is 0 Å². The molecule has 2 rings (SSSR count). The summed E-state index contributed by atoms with van der Waals surface area (Å²) in [4.78, 5) is 0. The van der Waals surface area contributed by atoms with Gasteiger partial charge in [0, 0.05) is 6.42 Å². The molecule has 2 aromatic rings. The van der Waals surface area contributed by atoms with Crippen molar-refractivity contribution in [1.29, 1.82) is 0 Å². The Morgan fingerprint density at radius 1 is 1.42 bits per heavy atom. The van der Waals surface area contributed by atoms with Gasteiger partial charge in [0.1, 0.15) is 6.33 Å². The van der Waals surface area contributed by atoms with Gasteiger partial charge in [-0.05, 0) is 30.7 Å². The zero-order valence-electron chi connectivity index (χ0n) is 10.9. The first-order chi connectivity index (χ1) is 9.24. The van der Waals surface area contributed by atoms with Crippen molar-refractivity contribution in [2.24, 2.45) is 5.10 Å². The Balaban J connectivity index is 2.21. The molecule has 1 aromatic carbocycles. The lowest BCUT2D eigenvalue weighted by atomic mass is 10.2. The third-order valence-electron chi connectivity index (χ3n) is 2.53. The van der Waals surface area contributed by atoms with E-state index in [0.29, 0.717) is 12.4 Å². The highest BCUT2D eigenvalue weighted by atomic mass is 16.5. The first kappa shape index (κ1) is 13.1. The van der Waals surface area contributed by atoms with Crippen molar-refractivity contribution in [3.8, 4) is 11.5 Å². The van der Waals surface area contributed by atoms with Gasteiger partial charge in [0.05, 0.1) is 12.8 Å². The van der Waals surface area contributed by atoms with Gasteiger partial charge in [-0.1, -0.05) is 6.92 Å². The van der Waals surface area contributed by atoms with E-state index in [4.69, 9.17) is 4.74 Å². The smallest absolute Gasteiger partial charge is 0.161 e. The molecule has 6 nitrogen and oxygen atoms in total. The fourth-order valence-electron chi connectivity index (χ4n) is 1.59. The summed E-state index contributed by atoms with van der Waals surface area (Å²) < 4.78 is 6.93. The molecule has 6 heteroatoms. The molecule has 0 aliphatic rings. The Morgan fingerprint density at radius 3 is 3.00 bits per heavy atom. The van der Waals surface area contributed by atoms with Gasteiger partial charge in [-0.25, -0.2) is 4.68 Å². The van der Waals surface area contributed by atoms with E-state index < -0.39 is 0 Å². The number of aromatic nitrogens is 3. The fourth-order valence-corrected chi connectivity index (χ4v) is 1.59. The van der Waals surface area contributed by atoms with E-state index in [-0.39, 0.29) is 5.75 Å². The monoisotopic (exact) mass is 260 g/mol. The summed E-state index contributed by atoms with van der Waals surface area (Å²) in [5.41, 5.74) is 0.831. The fraction of sp³-hybridized carbons (Fsp3) is 0.308. The number of ether oxygens (including phenoxy) is 1. The number of benzene rings is 1. The average Bonchev–Trinajstić information content (AvgIpc) is 2.87. The SMILES string of the molecule is CCOc1cc(/C=N/n2cnnc2CC)ccc1O. The predicted octanol–water partition coefficient (Wildman–Crippen LogP) is 1.83. The molecule has 19 heavy (non-hydrogen) atoms. The van der Waals surface area contributed by atoms with E-state index in [1.807, 2.05) is 13.8 Å². The van der Waals surface area contributed by atoms with Crippen LogP contribution in [0, 0.1) is 0 Å². The molecule has 0 atom stereocenters. The number of nitrogens with zero attached hydrogens (tertiary/aromatic N) is 4. The van der Waals surface area contributed by atoms with Crippen molar-refractivity contribution >= 4 is 6.21 Å². The van der Waals surface area contributed by atoms with Crippen molar-refractivity contribution < 1.29 is 9.84 Å². The highest BCUT2D eigenvalue weighted by Crippen LogP contribution is 2.26. The largest absolute Gasteiger partial charge is 0.504 e. The van der Waals surface area contributed by atoms with Crippen LogP contribution in [0.15, 0.2) is 29.6 Å². The molecular formula is C13H16N4O2. The summed E-state index contributed by atoms with van der Waals surface area (Å²) in [5.74, 6) is 1.36. The third kappa shape index (κ3) is 3.09. The molecule has 0 bridgehead atoms. The number of aromatic hydroxyl groups is 1. The van der Waals surface area contributed by atoms with Crippen LogP contribution in [-0.4, -0.2) is 32.8 Å². The Morgan fingerprint density at radius 2 is 2.26 bits per heavy atom. The minimum absolute atomic E-state index is 0.123. The molecule has 0 unspecified atom stereocenters. The van der Waals surface area contributed by atoms with E-state index in [1.54, 1.807) is 35.4 Å². The molecule has 0 aliphatic carbocycles. The van der Waals surface area contributed by atoms with Crippen molar-refractivity contribution in [2.75, 3.05) is 6.61 Å². The van der Waals surface area contributed by atoms with Crippen LogP contribution >= 0.6 is 0 Å². The van der Waals surface area contributed by atoms with E-state index in [1.165, 1.54) is 0 Å². The van der Waals surface area contributed by atoms with Crippen molar-refractivity contribution in [3.63, 3.8) is 0 Å². The Kier molecular flexibility index (Phi) is 4.12. The minimum Gasteiger partial charge on any atom is -0.504 e.